The van der Waals surface area contributed by atoms with Crippen molar-refractivity contribution in [3.8, 4) is 0 Å². The number of aliphatic hydroxyl groups is 2. The van der Waals surface area contributed by atoms with Crippen LogP contribution in [0.25, 0.3) is 10.1 Å². The summed E-state index contributed by atoms with van der Waals surface area (Å²) in [6, 6.07) is 7.85. The fourth-order valence-electron chi connectivity index (χ4n) is 2.69. The molecule has 1 fully saturated rings. The van der Waals surface area contributed by atoms with Crippen molar-refractivity contribution in [1.29, 1.82) is 0 Å². The second-order valence-corrected chi connectivity index (χ2v) is 6.11. The van der Waals surface area contributed by atoms with Crippen molar-refractivity contribution in [1.82, 2.24) is 4.90 Å². The van der Waals surface area contributed by atoms with Gasteiger partial charge in [0.25, 0.3) is 5.91 Å². The van der Waals surface area contributed by atoms with Gasteiger partial charge in [-0.05, 0) is 12.5 Å². The molecule has 4 nitrogen and oxygen atoms in total. The van der Waals surface area contributed by atoms with E-state index in [0.29, 0.717) is 25.1 Å². The van der Waals surface area contributed by atoms with Crippen molar-refractivity contribution in [3.05, 3.63) is 35.2 Å². The molecule has 1 aliphatic rings. The summed E-state index contributed by atoms with van der Waals surface area (Å²) in [5.41, 5.74) is 0.709. The summed E-state index contributed by atoms with van der Waals surface area (Å²) >= 11 is 1.56. The van der Waals surface area contributed by atoms with Gasteiger partial charge in [-0.1, -0.05) is 18.2 Å². The number of benzene rings is 1. The minimum atomic E-state index is -0.636. The Labute approximate surface area is 121 Å². The van der Waals surface area contributed by atoms with Crippen LogP contribution >= 0.6 is 11.3 Å². The number of rotatable bonds is 2. The number of piperidine rings is 1. The number of amides is 1. The van der Waals surface area contributed by atoms with Crippen molar-refractivity contribution in [2.24, 2.45) is 5.92 Å². The average Bonchev–Trinajstić information content (AvgIpc) is 2.90. The van der Waals surface area contributed by atoms with E-state index >= 15 is 0 Å². The highest BCUT2D eigenvalue weighted by molar-refractivity contribution is 7.17. The summed E-state index contributed by atoms with van der Waals surface area (Å²) in [6.45, 7) is 0.865. The summed E-state index contributed by atoms with van der Waals surface area (Å²) in [5, 5.41) is 22.0. The molecule has 3 rings (SSSR count). The average molecular weight is 291 g/mol. The Bertz CT molecular complexity index is 624. The summed E-state index contributed by atoms with van der Waals surface area (Å²) in [7, 11) is 0. The lowest BCUT2D eigenvalue weighted by Gasteiger charge is -2.35. The van der Waals surface area contributed by atoms with Crippen LogP contribution in [0.2, 0.25) is 0 Å². The Morgan fingerprint density at radius 1 is 1.40 bits per heavy atom. The Balaban J connectivity index is 1.83. The number of hydrogen-bond acceptors (Lipinski definition) is 4. The molecule has 1 aromatic heterocycles. The highest BCUT2D eigenvalue weighted by Gasteiger charge is 2.30. The van der Waals surface area contributed by atoms with E-state index < -0.39 is 6.10 Å². The molecule has 1 amide bonds. The molecule has 1 aromatic carbocycles. The maximum Gasteiger partial charge on any atom is 0.255 e. The zero-order chi connectivity index (χ0) is 14.1. The van der Waals surface area contributed by atoms with Crippen LogP contribution in [0.5, 0.6) is 0 Å². The molecule has 0 radical (unpaired) electrons. The zero-order valence-electron chi connectivity index (χ0n) is 11.0. The Morgan fingerprint density at radius 3 is 2.95 bits per heavy atom. The summed E-state index contributed by atoms with van der Waals surface area (Å²) in [5.74, 6) is -0.142. The first-order chi connectivity index (χ1) is 9.70. The highest BCUT2D eigenvalue weighted by atomic mass is 32.1. The molecule has 0 aliphatic carbocycles. The number of carbonyl (C=O) groups is 1. The molecule has 2 aromatic rings. The molecule has 5 heteroatoms. The van der Waals surface area contributed by atoms with E-state index in [1.54, 1.807) is 16.2 Å². The number of fused-ring (bicyclic) bond motifs is 1. The first-order valence-corrected chi connectivity index (χ1v) is 7.63. The second kappa shape index (κ2) is 5.52. The van der Waals surface area contributed by atoms with Crippen LogP contribution in [-0.2, 0) is 0 Å². The number of β-amino-alcohol motifs (C(OH)–C–C–N with tert-alkyl or cyclic N) is 1. The van der Waals surface area contributed by atoms with Gasteiger partial charge in [0.15, 0.2) is 0 Å². The van der Waals surface area contributed by atoms with E-state index in [2.05, 4.69) is 0 Å². The maximum atomic E-state index is 12.6. The van der Waals surface area contributed by atoms with Crippen LogP contribution in [0.1, 0.15) is 16.8 Å². The third kappa shape index (κ3) is 2.32. The Hall–Kier alpha value is -1.43. The van der Waals surface area contributed by atoms with E-state index in [1.807, 2.05) is 29.6 Å². The molecule has 0 bridgehead atoms. The second-order valence-electron chi connectivity index (χ2n) is 5.20. The van der Waals surface area contributed by atoms with E-state index in [0.717, 1.165) is 10.1 Å². The molecular weight excluding hydrogens is 274 g/mol. The molecule has 2 N–H and O–H groups in total. The fraction of sp³-hybridized carbons (Fsp3) is 0.400. The third-order valence-corrected chi connectivity index (χ3v) is 4.92. The van der Waals surface area contributed by atoms with Crippen LogP contribution in [0.4, 0.5) is 0 Å². The molecule has 0 spiro atoms. The number of aliphatic hydroxyl groups excluding tert-OH is 2. The predicted octanol–water partition coefficient (Wildman–Crippen LogP) is 1.72. The topological polar surface area (TPSA) is 60.8 Å². The molecule has 2 heterocycles. The lowest BCUT2D eigenvalue weighted by molar-refractivity contribution is 0.000969. The van der Waals surface area contributed by atoms with Gasteiger partial charge in [-0.2, -0.15) is 0 Å². The van der Waals surface area contributed by atoms with Crippen LogP contribution in [0.15, 0.2) is 29.6 Å². The van der Waals surface area contributed by atoms with Crippen molar-refractivity contribution in [2.45, 2.75) is 12.5 Å². The van der Waals surface area contributed by atoms with Crippen molar-refractivity contribution < 1.29 is 15.0 Å². The molecule has 0 unspecified atom stereocenters. The van der Waals surface area contributed by atoms with Gasteiger partial charge in [0.1, 0.15) is 0 Å². The minimum absolute atomic E-state index is 0.0232. The minimum Gasteiger partial charge on any atom is -0.396 e. The molecule has 106 valence electrons. The maximum absolute atomic E-state index is 12.6. The Morgan fingerprint density at radius 2 is 2.20 bits per heavy atom. The molecular formula is C15H17NO3S. The van der Waals surface area contributed by atoms with Gasteiger partial charge in [-0.15, -0.1) is 11.3 Å². The molecule has 20 heavy (non-hydrogen) atoms. The number of carbonyl (C=O) groups excluding carboxylic acids is 1. The van der Waals surface area contributed by atoms with E-state index in [-0.39, 0.29) is 18.4 Å². The lowest BCUT2D eigenvalue weighted by Crippen LogP contribution is -2.47. The highest BCUT2D eigenvalue weighted by Crippen LogP contribution is 2.28. The van der Waals surface area contributed by atoms with E-state index in [9.17, 15) is 9.90 Å². The standard InChI is InChI=1S/C15H17NO3S/c17-8-10-5-6-16(7-13(10)18)15(19)12-9-20-14-4-2-1-3-11(12)14/h1-4,9-10,13,17-18H,5-8H2/t10-,13-/m0/s1. The van der Waals surface area contributed by atoms with Crippen LogP contribution in [0.3, 0.4) is 0 Å². The van der Waals surface area contributed by atoms with E-state index in [1.165, 1.54) is 0 Å². The monoisotopic (exact) mass is 291 g/mol. The van der Waals surface area contributed by atoms with Crippen molar-refractivity contribution >= 4 is 27.3 Å². The smallest absolute Gasteiger partial charge is 0.255 e. The zero-order valence-corrected chi connectivity index (χ0v) is 11.8. The fourth-order valence-corrected chi connectivity index (χ4v) is 3.63. The molecule has 0 saturated carbocycles. The van der Waals surface area contributed by atoms with Gasteiger partial charge in [0, 0.05) is 41.1 Å². The number of thiophene rings is 1. The number of likely N-dealkylation sites (tertiary alicyclic amines) is 1. The summed E-state index contributed by atoms with van der Waals surface area (Å²) in [6.07, 6.45) is 0.00784. The van der Waals surface area contributed by atoms with Gasteiger partial charge in [-0.3, -0.25) is 4.79 Å². The largest absolute Gasteiger partial charge is 0.396 e. The molecule has 2 atom stereocenters. The van der Waals surface area contributed by atoms with Crippen molar-refractivity contribution in [2.75, 3.05) is 19.7 Å². The van der Waals surface area contributed by atoms with Gasteiger partial charge >= 0.3 is 0 Å². The normalized spacial score (nSPS) is 23.2. The van der Waals surface area contributed by atoms with Gasteiger partial charge in [0.2, 0.25) is 0 Å². The van der Waals surface area contributed by atoms with Crippen LogP contribution in [-0.4, -0.2) is 46.8 Å². The van der Waals surface area contributed by atoms with Gasteiger partial charge in [-0.25, -0.2) is 0 Å². The lowest BCUT2D eigenvalue weighted by atomic mass is 9.94. The number of hydrogen-bond donors (Lipinski definition) is 2. The van der Waals surface area contributed by atoms with Crippen LogP contribution in [0, 0.1) is 5.92 Å². The quantitative estimate of drug-likeness (QED) is 0.885. The SMILES string of the molecule is O=C(c1csc2ccccc12)N1CC[C@@H](CO)[C@@H](O)C1. The summed E-state index contributed by atoms with van der Waals surface area (Å²) < 4.78 is 1.10. The molecule has 1 saturated heterocycles. The Kier molecular flexibility index (Phi) is 3.74. The van der Waals surface area contributed by atoms with Gasteiger partial charge in [0.05, 0.1) is 11.7 Å². The first-order valence-electron chi connectivity index (χ1n) is 6.75. The van der Waals surface area contributed by atoms with E-state index in [4.69, 9.17) is 5.11 Å². The molecule has 1 aliphatic heterocycles. The van der Waals surface area contributed by atoms with Gasteiger partial charge < -0.3 is 15.1 Å². The van der Waals surface area contributed by atoms with Crippen molar-refractivity contribution in [3.63, 3.8) is 0 Å². The summed E-state index contributed by atoms with van der Waals surface area (Å²) in [4.78, 5) is 14.3. The van der Waals surface area contributed by atoms with Crippen LogP contribution < -0.4 is 0 Å². The first kappa shape index (κ1) is 13.5. The number of nitrogens with zero attached hydrogens (tertiary/aromatic N) is 1. The third-order valence-electron chi connectivity index (χ3n) is 3.95. The predicted molar refractivity (Wildman–Crippen MR) is 78.9 cm³/mol.